The predicted octanol–water partition coefficient (Wildman–Crippen LogP) is 3.80. The Balaban J connectivity index is 2.25. The van der Waals surface area contributed by atoms with E-state index in [0.717, 1.165) is 6.42 Å². The number of ether oxygens (including phenoxy) is 1. The molecule has 1 aromatic rings. The van der Waals surface area contributed by atoms with Crippen LogP contribution in [-0.2, 0) is 0 Å². The quantitative estimate of drug-likeness (QED) is 0.676. The molecule has 1 saturated carbocycles. The van der Waals surface area contributed by atoms with Crippen molar-refractivity contribution in [1.29, 1.82) is 0 Å². The molecule has 0 amide bonds. The number of nitro benzene ring substituents is 1. The van der Waals surface area contributed by atoms with Crippen LogP contribution in [-0.4, -0.2) is 17.1 Å². The molecule has 0 spiro atoms. The van der Waals surface area contributed by atoms with Crippen LogP contribution in [0.1, 0.15) is 26.7 Å². The van der Waals surface area contributed by atoms with Crippen molar-refractivity contribution in [2.45, 2.75) is 38.8 Å². The number of hydrogen-bond acceptors (Lipinski definition) is 4. The maximum Gasteiger partial charge on any atom is 0.272 e. The van der Waals surface area contributed by atoms with Gasteiger partial charge in [-0.1, -0.05) is 37.0 Å². The van der Waals surface area contributed by atoms with Crippen molar-refractivity contribution in [3.63, 3.8) is 0 Å². The summed E-state index contributed by atoms with van der Waals surface area (Å²) >= 11 is 12.1. The third kappa shape index (κ3) is 2.45. The van der Waals surface area contributed by atoms with Gasteiger partial charge in [-0.3, -0.25) is 10.1 Å². The van der Waals surface area contributed by atoms with Crippen LogP contribution >= 0.6 is 23.2 Å². The zero-order valence-electron chi connectivity index (χ0n) is 11.2. The zero-order valence-corrected chi connectivity index (χ0v) is 12.7. The summed E-state index contributed by atoms with van der Waals surface area (Å²) in [6.45, 7) is 4.10. The van der Waals surface area contributed by atoms with Gasteiger partial charge in [-0.05, 0) is 6.42 Å². The van der Waals surface area contributed by atoms with Gasteiger partial charge in [-0.2, -0.15) is 0 Å². The van der Waals surface area contributed by atoms with Gasteiger partial charge < -0.3 is 10.5 Å². The average Bonchev–Trinajstić information content (AvgIpc) is 2.39. The summed E-state index contributed by atoms with van der Waals surface area (Å²) < 4.78 is 5.86. The van der Waals surface area contributed by atoms with Crippen molar-refractivity contribution >= 4 is 28.9 Å². The van der Waals surface area contributed by atoms with E-state index in [1.54, 1.807) is 0 Å². The minimum absolute atomic E-state index is 0.0769. The largest absolute Gasteiger partial charge is 0.487 e. The summed E-state index contributed by atoms with van der Waals surface area (Å²) in [5.74, 6) is 0.288. The highest BCUT2D eigenvalue weighted by molar-refractivity contribution is 6.37. The zero-order chi connectivity index (χ0) is 15.1. The van der Waals surface area contributed by atoms with Crippen LogP contribution in [0.5, 0.6) is 5.75 Å². The van der Waals surface area contributed by atoms with Gasteiger partial charge in [-0.25, -0.2) is 0 Å². The molecular weight excluding hydrogens is 303 g/mol. The highest BCUT2D eigenvalue weighted by Gasteiger charge is 2.50. The molecule has 20 heavy (non-hydrogen) atoms. The van der Waals surface area contributed by atoms with Gasteiger partial charge in [-0.15, -0.1) is 0 Å². The first-order valence-corrected chi connectivity index (χ1v) is 7.11. The Kier molecular flexibility index (Phi) is 4.14. The third-order valence-electron chi connectivity index (χ3n) is 4.27. The molecule has 0 radical (unpaired) electrons. The molecule has 3 unspecified atom stereocenters. The first-order valence-electron chi connectivity index (χ1n) is 6.35. The molecule has 7 heteroatoms. The molecule has 1 aromatic carbocycles. The first kappa shape index (κ1) is 15.4. The van der Waals surface area contributed by atoms with Crippen LogP contribution in [0, 0.1) is 15.5 Å². The summed E-state index contributed by atoms with van der Waals surface area (Å²) in [6, 6.07) is 2.56. The second-order valence-corrected chi connectivity index (χ2v) is 6.12. The van der Waals surface area contributed by atoms with Crippen molar-refractivity contribution in [3.8, 4) is 5.75 Å². The maximum absolute atomic E-state index is 10.7. The number of non-ortho nitro benzene ring substituents is 1. The maximum atomic E-state index is 10.7. The Morgan fingerprint density at radius 1 is 1.50 bits per heavy atom. The van der Waals surface area contributed by atoms with E-state index in [-0.39, 0.29) is 39.0 Å². The predicted molar refractivity (Wildman–Crippen MR) is 78.5 cm³/mol. The number of nitrogens with zero attached hydrogens (tertiary/aromatic N) is 1. The van der Waals surface area contributed by atoms with E-state index in [9.17, 15) is 10.1 Å². The summed E-state index contributed by atoms with van der Waals surface area (Å²) in [6.07, 6.45) is 1.51. The van der Waals surface area contributed by atoms with Gasteiger partial charge >= 0.3 is 0 Å². The molecule has 1 aliphatic carbocycles. The summed E-state index contributed by atoms with van der Waals surface area (Å²) in [7, 11) is 0. The van der Waals surface area contributed by atoms with Crippen molar-refractivity contribution in [3.05, 3.63) is 32.3 Å². The summed E-state index contributed by atoms with van der Waals surface area (Å²) in [4.78, 5) is 10.2. The van der Waals surface area contributed by atoms with E-state index in [1.165, 1.54) is 12.1 Å². The minimum Gasteiger partial charge on any atom is -0.487 e. The molecule has 1 aliphatic rings. The molecule has 3 atom stereocenters. The second kappa shape index (κ2) is 5.39. The topological polar surface area (TPSA) is 78.4 Å². The molecule has 0 aliphatic heterocycles. The summed E-state index contributed by atoms with van der Waals surface area (Å²) in [5.41, 5.74) is 5.73. The Hall–Kier alpha value is -1.04. The van der Waals surface area contributed by atoms with Crippen molar-refractivity contribution in [2.75, 3.05) is 0 Å². The van der Waals surface area contributed by atoms with Crippen LogP contribution < -0.4 is 10.5 Å². The van der Waals surface area contributed by atoms with Crippen molar-refractivity contribution < 1.29 is 9.66 Å². The monoisotopic (exact) mass is 318 g/mol. The SMILES string of the molecule is CCC1(C)C(N)CC1Oc1c(Cl)cc([N+](=O)[O-])cc1Cl. The molecule has 1 fully saturated rings. The first-order chi connectivity index (χ1) is 9.29. The molecule has 5 nitrogen and oxygen atoms in total. The lowest BCUT2D eigenvalue weighted by atomic mass is 9.62. The van der Waals surface area contributed by atoms with Crippen LogP contribution in [0.15, 0.2) is 12.1 Å². The molecule has 0 saturated heterocycles. The van der Waals surface area contributed by atoms with E-state index < -0.39 is 4.92 Å². The molecule has 110 valence electrons. The Morgan fingerprint density at radius 2 is 2.05 bits per heavy atom. The fourth-order valence-corrected chi connectivity index (χ4v) is 2.99. The molecule has 0 heterocycles. The molecular formula is C13H16Cl2N2O3. The van der Waals surface area contributed by atoms with Gasteiger partial charge in [0.1, 0.15) is 6.10 Å². The van der Waals surface area contributed by atoms with Crippen molar-refractivity contribution in [1.82, 2.24) is 0 Å². The Bertz CT molecular complexity index is 529. The number of nitro groups is 1. The van der Waals surface area contributed by atoms with Gasteiger partial charge in [0.15, 0.2) is 5.75 Å². The smallest absolute Gasteiger partial charge is 0.272 e. The number of nitrogens with two attached hydrogens (primary N) is 1. The van der Waals surface area contributed by atoms with Crippen LogP contribution in [0.25, 0.3) is 0 Å². The number of hydrogen-bond donors (Lipinski definition) is 1. The van der Waals surface area contributed by atoms with Crippen LogP contribution in [0.2, 0.25) is 10.0 Å². The average molecular weight is 319 g/mol. The van der Waals surface area contributed by atoms with Crippen molar-refractivity contribution in [2.24, 2.45) is 11.1 Å². The minimum atomic E-state index is -0.545. The summed E-state index contributed by atoms with van der Waals surface area (Å²) in [5, 5.41) is 11.0. The fraction of sp³-hybridized carbons (Fsp3) is 0.538. The van der Waals surface area contributed by atoms with Crippen LogP contribution in [0.3, 0.4) is 0 Å². The van der Waals surface area contributed by atoms with Gasteiger partial charge in [0, 0.05) is 30.0 Å². The highest BCUT2D eigenvalue weighted by Crippen LogP contribution is 2.47. The van der Waals surface area contributed by atoms with Crippen LogP contribution in [0.4, 0.5) is 5.69 Å². The lowest BCUT2D eigenvalue weighted by molar-refractivity contribution is -0.384. The molecule has 0 bridgehead atoms. The number of benzene rings is 1. The Labute approximate surface area is 127 Å². The fourth-order valence-electron chi connectivity index (χ4n) is 2.43. The van der Waals surface area contributed by atoms with Gasteiger partial charge in [0.25, 0.3) is 5.69 Å². The highest BCUT2D eigenvalue weighted by atomic mass is 35.5. The van der Waals surface area contributed by atoms with Gasteiger partial charge in [0.05, 0.1) is 15.0 Å². The third-order valence-corrected chi connectivity index (χ3v) is 4.83. The van der Waals surface area contributed by atoms with E-state index >= 15 is 0 Å². The molecule has 2 N–H and O–H groups in total. The molecule has 0 aromatic heterocycles. The standard InChI is InChI=1S/C13H16Cl2N2O3/c1-3-13(2)10(16)6-11(13)20-12-8(14)4-7(17(18)19)5-9(12)15/h4-5,10-11H,3,6,16H2,1-2H3. The van der Waals surface area contributed by atoms with E-state index in [0.29, 0.717) is 6.42 Å². The van der Waals surface area contributed by atoms with Gasteiger partial charge in [0.2, 0.25) is 0 Å². The Morgan fingerprint density at radius 3 is 2.45 bits per heavy atom. The normalized spacial score (nSPS) is 28.9. The lowest BCUT2D eigenvalue weighted by Crippen LogP contribution is -2.61. The molecule has 2 rings (SSSR count). The van der Waals surface area contributed by atoms with E-state index in [4.69, 9.17) is 33.7 Å². The van der Waals surface area contributed by atoms with E-state index in [2.05, 4.69) is 13.8 Å². The number of rotatable bonds is 4. The number of halogens is 2. The van der Waals surface area contributed by atoms with E-state index in [1.807, 2.05) is 0 Å². The lowest BCUT2D eigenvalue weighted by Gasteiger charge is -2.51. The second-order valence-electron chi connectivity index (χ2n) is 5.30.